The van der Waals surface area contributed by atoms with Crippen LogP contribution in [0.25, 0.3) is 10.8 Å². The summed E-state index contributed by atoms with van der Waals surface area (Å²) in [5.74, 6) is -0.914. The molecule has 0 bridgehead atoms. The van der Waals surface area contributed by atoms with E-state index in [1.807, 2.05) is 36.4 Å². The van der Waals surface area contributed by atoms with Crippen molar-refractivity contribution in [3.63, 3.8) is 0 Å². The second kappa shape index (κ2) is 8.60. The van der Waals surface area contributed by atoms with Crippen LogP contribution in [0.2, 0.25) is 0 Å². The van der Waals surface area contributed by atoms with Gasteiger partial charge in [0.05, 0.1) is 12.7 Å². The SMILES string of the molecule is COc1ccc2cc(CN(C)C(=O)COC(=O)c3ccc(F)cc3N)ccc2c1. The number of likely N-dealkylation sites (N-methyl/N-ethyl adjacent to an activating group) is 1. The second-order valence-corrected chi connectivity index (χ2v) is 6.60. The number of nitrogens with two attached hydrogens (primary N) is 1. The van der Waals surface area contributed by atoms with Gasteiger partial charge in [0.2, 0.25) is 0 Å². The highest BCUT2D eigenvalue weighted by Gasteiger charge is 2.16. The quantitative estimate of drug-likeness (QED) is 0.510. The Bertz CT molecular complexity index is 1070. The molecule has 3 aromatic rings. The van der Waals surface area contributed by atoms with Crippen LogP contribution in [0.1, 0.15) is 15.9 Å². The van der Waals surface area contributed by atoms with E-state index >= 15 is 0 Å². The number of hydrogen-bond donors (Lipinski definition) is 1. The fraction of sp³-hybridized carbons (Fsp3) is 0.182. The third-order valence-electron chi connectivity index (χ3n) is 4.52. The summed E-state index contributed by atoms with van der Waals surface area (Å²) >= 11 is 0. The monoisotopic (exact) mass is 396 g/mol. The Morgan fingerprint density at radius 3 is 2.48 bits per heavy atom. The molecule has 6 nitrogen and oxygen atoms in total. The van der Waals surface area contributed by atoms with E-state index in [2.05, 4.69) is 0 Å². The van der Waals surface area contributed by atoms with Gasteiger partial charge >= 0.3 is 5.97 Å². The maximum atomic E-state index is 13.1. The molecular formula is C22H21FN2O4. The first-order chi connectivity index (χ1) is 13.9. The van der Waals surface area contributed by atoms with E-state index in [0.717, 1.165) is 34.2 Å². The zero-order valence-corrected chi connectivity index (χ0v) is 16.1. The molecule has 150 valence electrons. The topological polar surface area (TPSA) is 81.9 Å². The summed E-state index contributed by atoms with van der Waals surface area (Å²) in [5.41, 5.74) is 6.53. The first kappa shape index (κ1) is 20.1. The number of nitrogen functional groups attached to an aromatic ring is 1. The van der Waals surface area contributed by atoms with Gasteiger partial charge < -0.3 is 20.1 Å². The van der Waals surface area contributed by atoms with Crippen molar-refractivity contribution >= 4 is 28.3 Å². The van der Waals surface area contributed by atoms with Crippen molar-refractivity contribution in [3.05, 3.63) is 71.5 Å². The molecule has 1 amide bonds. The van der Waals surface area contributed by atoms with Gasteiger partial charge in [0.25, 0.3) is 5.91 Å². The molecule has 0 heterocycles. The molecule has 0 saturated heterocycles. The zero-order valence-electron chi connectivity index (χ0n) is 16.1. The number of carbonyl (C=O) groups is 2. The Balaban J connectivity index is 1.60. The highest BCUT2D eigenvalue weighted by molar-refractivity contribution is 5.96. The lowest BCUT2D eigenvalue weighted by Crippen LogP contribution is -2.30. The molecule has 0 unspecified atom stereocenters. The molecule has 3 aromatic carbocycles. The Labute approximate surface area is 167 Å². The van der Waals surface area contributed by atoms with Crippen molar-refractivity contribution in [2.24, 2.45) is 0 Å². The van der Waals surface area contributed by atoms with Crippen LogP contribution in [0.15, 0.2) is 54.6 Å². The van der Waals surface area contributed by atoms with Crippen LogP contribution in [0.4, 0.5) is 10.1 Å². The Morgan fingerprint density at radius 1 is 1.03 bits per heavy atom. The van der Waals surface area contributed by atoms with Gasteiger partial charge in [-0.1, -0.05) is 18.2 Å². The summed E-state index contributed by atoms with van der Waals surface area (Å²) < 4.78 is 23.3. The molecule has 0 spiro atoms. The lowest BCUT2D eigenvalue weighted by Gasteiger charge is -2.18. The van der Waals surface area contributed by atoms with Crippen molar-refractivity contribution in [1.82, 2.24) is 4.90 Å². The summed E-state index contributed by atoms with van der Waals surface area (Å²) in [6.07, 6.45) is 0. The van der Waals surface area contributed by atoms with Gasteiger partial charge in [-0.3, -0.25) is 4.79 Å². The number of benzene rings is 3. The summed E-state index contributed by atoms with van der Waals surface area (Å²) in [6, 6.07) is 15.0. The largest absolute Gasteiger partial charge is 0.497 e. The van der Waals surface area contributed by atoms with Crippen LogP contribution in [0, 0.1) is 5.82 Å². The molecule has 0 saturated carbocycles. The molecule has 0 aliphatic rings. The molecule has 29 heavy (non-hydrogen) atoms. The number of carbonyl (C=O) groups excluding carboxylic acids is 2. The minimum atomic E-state index is -0.774. The number of esters is 1. The summed E-state index contributed by atoms with van der Waals surface area (Å²) in [4.78, 5) is 25.8. The molecule has 0 radical (unpaired) electrons. The number of halogens is 1. The number of hydrogen-bond acceptors (Lipinski definition) is 5. The van der Waals surface area contributed by atoms with Crippen LogP contribution in [-0.2, 0) is 16.1 Å². The van der Waals surface area contributed by atoms with Gasteiger partial charge in [0.1, 0.15) is 11.6 Å². The Morgan fingerprint density at radius 2 is 1.76 bits per heavy atom. The smallest absolute Gasteiger partial charge is 0.340 e. The highest BCUT2D eigenvalue weighted by Crippen LogP contribution is 2.22. The van der Waals surface area contributed by atoms with Gasteiger partial charge in [-0.05, 0) is 52.7 Å². The lowest BCUT2D eigenvalue weighted by atomic mass is 10.1. The van der Waals surface area contributed by atoms with E-state index < -0.39 is 18.4 Å². The molecular weight excluding hydrogens is 375 g/mol. The number of ether oxygens (including phenoxy) is 2. The maximum absolute atomic E-state index is 13.1. The number of rotatable bonds is 6. The van der Waals surface area contributed by atoms with Crippen LogP contribution >= 0.6 is 0 Å². The lowest BCUT2D eigenvalue weighted by molar-refractivity contribution is -0.133. The molecule has 0 fully saturated rings. The predicted molar refractivity (Wildman–Crippen MR) is 108 cm³/mol. The molecule has 0 aliphatic heterocycles. The van der Waals surface area contributed by atoms with Gasteiger partial charge in [-0.25, -0.2) is 9.18 Å². The maximum Gasteiger partial charge on any atom is 0.340 e. The standard InChI is InChI=1S/C22H21FN2O4/c1-25(12-14-3-4-16-10-18(28-2)7-5-15(16)9-14)21(26)13-29-22(27)19-8-6-17(23)11-20(19)24/h3-11H,12-13,24H2,1-2H3. The molecule has 0 atom stereocenters. The van der Waals surface area contributed by atoms with Crippen molar-refractivity contribution in [1.29, 1.82) is 0 Å². The predicted octanol–water partition coefficient (Wildman–Crippen LogP) is 3.39. The number of anilines is 1. The van der Waals surface area contributed by atoms with E-state index in [-0.39, 0.29) is 17.2 Å². The zero-order chi connectivity index (χ0) is 21.0. The number of nitrogens with zero attached hydrogens (tertiary/aromatic N) is 1. The minimum Gasteiger partial charge on any atom is -0.497 e. The Hall–Kier alpha value is -3.61. The average molecular weight is 396 g/mol. The summed E-state index contributed by atoms with van der Waals surface area (Å²) in [5, 5.41) is 2.07. The first-order valence-electron chi connectivity index (χ1n) is 8.90. The van der Waals surface area contributed by atoms with E-state index in [0.29, 0.717) is 6.54 Å². The summed E-state index contributed by atoms with van der Waals surface area (Å²) in [7, 11) is 3.24. The molecule has 3 rings (SSSR count). The third-order valence-corrected chi connectivity index (χ3v) is 4.52. The summed E-state index contributed by atoms with van der Waals surface area (Å²) in [6.45, 7) is -0.0754. The van der Waals surface area contributed by atoms with Gasteiger partial charge in [0.15, 0.2) is 6.61 Å². The second-order valence-electron chi connectivity index (χ2n) is 6.60. The van der Waals surface area contributed by atoms with E-state index in [1.54, 1.807) is 14.2 Å². The number of amides is 1. The highest BCUT2D eigenvalue weighted by atomic mass is 19.1. The number of methoxy groups -OCH3 is 1. The van der Waals surface area contributed by atoms with Gasteiger partial charge in [-0.15, -0.1) is 0 Å². The third kappa shape index (κ3) is 4.82. The van der Waals surface area contributed by atoms with E-state index in [4.69, 9.17) is 15.2 Å². The van der Waals surface area contributed by atoms with E-state index in [9.17, 15) is 14.0 Å². The normalized spacial score (nSPS) is 10.6. The molecule has 0 aliphatic carbocycles. The van der Waals surface area contributed by atoms with Crippen molar-refractivity contribution in [2.75, 3.05) is 26.5 Å². The van der Waals surface area contributed by atoms with Crippen molar-refractivity contribution in [3.8, 4) is 5.75 Å². The van der Waals surface area contributed by atoms with Crippen LogP contribution < -0.4 is 10.5 Å². The molecule has 2 N–H and O–H groups in total. The average Bonchev–Trinajstić information content (AvgIpc) is 2.71. The van der Waals surface area contributed by atoms with Crippen LogP contribution in [0.5, 0.6) is 5.75 Å². The molecule has 0 aromatic heterocycles. The fourth-order valence-corrected chi connectivity index (χ4v) is 2.90. The van der Waals surface area contributed by atoms with Crippen LogP contribution in [0.3, 0.4) is 0 Å². The van der Waals surface area contributed by atoms with Crippen molar-refractivity contribution < 1.29 is 23.5 Å². The van der Waals surface area contributed by atoms with Gasteiger partial charge in [-0.2, -0.15) is 0 Å². The fourth-order valence-electron chi connectivity index (χ4n) is 2.90. The van der Waals surface area contributed by atoms with Gasteiger partial charge in [0, 0.05) is 19.3 Å². The van der Waals surface area contributed by atoms with Crippen molar-refractivity contribution in [2.45, 2.75) is 6.54 Å². The minimum absolute atomic E-state index is 0.0202. The van der Waals surface area contributed by atoms with E-state index in [1.165, 1.54) is 11.0 Å². The Kier molecular flexibility index (Phi) is 5.97. The molecule has 7 heteroatoms. The first-order valence-corrected chi connectivity index (χ1v) is 8.90. The number of fused-ring (bicyclic) bond motifs is 1. The van der Waals surface area contributed by atoms with Crippen LogP contribution in [-0.4, -0.2) is 37.5 Å².